The Morgan fingerprint density at radius 3 is 2.38 bits per heavy atom. The molecule has 0 N–H and O–H groups in total. The van der Waals surface area contributed by atoms with E-state index in [1.165, 1.54) is 37.7 Å². The molecule has 1 aromatic heterocycles. The Kier molecular flexibility index (Phi) is 4.66. The molecule has 8 heteroatoms. The third-order valence-corrected chi connectivity index (χ3v) is 3.61. The summed E-state index contributed by atoms with van der Waals surface area (Å²) in [6.45, 7) is 0. The van der Waals surface area contributed by atoms with Crippen LogP contribution in [-0.4, -0.2) is 29.3 Å². The van der Waals surface area contributed by atoms with Crippen LogP contribution in [0.25, 0.3) is 16.9 Å². The number of aldehydes is 1. The fourth-order valence-electron chi connectivity index (χ4n) is 2.41. The molecule has 134 valence electrons. The van der Waals surface area contributed by atoms with Crippen LogP contribution in [0.2, 0.25) is 0 Å². The lowest BCUT2D eigenvalue weighted by Gasteiger charge is -2.09. The van der Waals surface area contributed by atoms with Gasteiger partial charge in [0, 0.05) is 23.0 Å². The second-order valence-electron chi connectivity index (χ2n) is 5.28. The van der Waals surface area contributed by atoms with Gasteiger partial charge in [0.25, 0.3) is 0 Å². The Hall–Kier alpha value is -3.29. The molecule has 0 atom stereocenters. The standard InChI is InChI=1S/C18H13F3N2O3/c1-25-15-5-2-12(10-24)16(8-15)17-9-23(11-22-17)13-3-6-14(7-4-13)26-18(19,20)21/h2-11H,1H3. The van der Waals surface area contributed by atoms with Crippen molar-refractivity contribution in [2.45, 2.75) is 6.36 Å². The van der Waals surface area contributed by atoms with Crippen LogP contribution in [-0.2, 0) is 0 Å². The summed E-state index contributed by atoms with van der Waals surface area (Å²) in [7, 11) is 1.52. The molecule has 0 saturated carbocycles. The zero-order chi connectivity index (χ0) is 18.7. The largest absolute Gasteiger partial charge is 0.573 e. The number of carbonyl (C=O) groups is 1. The van der Waals surface area contributed by atoms with Gasteiger partial charge in [-0.2, -0.15) is 0 Å². The van der Waals surface area contributed by atoms with Crippen molar-refractivity contribution in [3.05, 3.63) is 60.6 Å². The van der Waals surface area contributed by atoms with E-state index in [9.17, 15) is 18.0 Å². The first-order valence-electron chi connectivity index (χ1n) is 7.43. The molecule has 0 unspecified atom stereocenters. The Morgan fingerprint density at radius 2 is 1.77 bits per heavy atom. The molecule has 0 fully saturated rings. The second-order valence-corrected chi connectivity index (χ2v) is 5.28. The predicted octanol–water partition coefficient (Wildman–Crippen LogP) is 4.26. The van der Waals surface area contributed by atoms with E-state index in [-0.39, 0.29) is 5.75 Å². The highest BCUT2D eigenvalue weighted by atomic mass is 19.4. The molecule has 0 aliphatic heterocycles. The number of rotatable bonds is 5. The molecule has 0 bridgehead atoms. The summed E-state index contributed by atoms with van der Waals surface area (Å²) in [5.74, 6) is 0.270. The molecule has 26 heavy (non-hydrogen) atoms. The van der Waals surface area contributed by atoms with Crippen LogP contribution >= 0.6 is 0 Å². The van der Waals surface area contributed by atoms with Crippen molar-refractivity contribution in [3.8, 4) is 28.4 Å². The number of halogens is 3. The van der Waals surface area contributed by atoms with Crippen LogP contribution < -0.4 is 9.47 Å². The molecule has 0 aliphatic carbocycles. The van der Waals surface area contributed by atoms with Gasteiger partial charge < -0.3 is 14.0 Å². The zero-order valence-corrected chi connectivity index (χ0v) is 13.5. The number of benzene rings is 2. The smallest absolute Gasteiger partial charge is 0.497 e. The van der Waals surface area contributed by atoms with Crippen molar-refractivity contribution in [1.82, 2.24) is 9.55 Å². The Bertz CT molecular complexity index is 918. The topological polar surface area (TPSA) is 53.4 Å². The fourth-order valence-corrected chi connectivity index (χ4v) is 2.41. The lowest BCUT2D eigenvalue weighted by atomic mass is 10.1. The number of aromatic nitrogens is 2. The van der Waals surface area contributed by atoms with Crippen molar-refractivity contribution in [2.75, 3.05) is 7.11 Å². The molecule has 0 spiro atoms. The summed E-state index contributed by atoms with van der Waals surface area (Å²) in [5, 5.41) is 0. The highest BCUT2D eigenvalue weighted by Crippen LogP contribution is 2.28. The van der Waals surface area contributed by atoms with Crippen LogP contribution in [0.5, 0.6) is 11.5 Å². The molecule has 5 nitrogen and oxygen atoms in total. The summed E-state index contributed by atoms with van der Waals surface area (Å²) in [6.07, 6.45) is -0.844. The van der Waals surface area contributed by atoms with Crippen LogP contribution in [0.4, 0.5) is 13.2 Å². The van der Waals surface area contributed by atoms with E-state index in [2.05, 4.69) is 9.72 Å². The normalized spacial score (nSPS) is 11.2. The third kappa shape index (κ3) is 3.85. The maximum atomic E-state index is 12.2. The van der Waals surface area contributed by atoms with Crippen LogP contribution in [0.15, 0.2) is 55.0 Å². The highest BCUT2D eigenvalue weighted by molar-refractivity contribution is 5.87. The predicted molar refractivity (Wildman–Crippen MR) is 87.6 cm³/mol. The molecule has 2 aromatic carbocycles. The monoisotopic (exact) mass is 362 g/mol. The molecule has 0 aliphatic rings. The van der Waals surface area contributed by atoms with Crippen molar-refractivity contribution < 1.29 is 27.4 Å². The summed E-state index contributed by atoms with van der Waals surface area (Å²) in [4.78, 5) is 15.5. The number of alkyl halides is 3. The SMILES string of the molecule is COc1ccc(C=O)c(-c2cn(-c3ccc(OC(F)(F)F)cc3)cn2)c1. The van der Waals surface area contributed by atoms with Crippen molar-refractivity contribution in [2.24, 2.45) is 0 Å². The lowest BCUT2D eigenvalue weighted by Crippen LogP contribution is -2.17. The van der Waals surface area contributed by atoms with E-state index in [1.807, 2.05) is 0 Å². The number of ether oxygens (including phenoxy) is 2. The average Bonchev–Trinajstić information content (AvgIpc) is 3.10. The number of hydrogen-bond acceptors (Lipinski definition) is 4. The minimum atomic E-state index is -4.73. The summed E-state index contributed by atoms with van der Waals surface area (Å²) >= 11 is 0. The van der Waals surface area contributed by atoms with E-state index >= 15 is 0 Å². The van der Waals surface area contributed by atoms with Gasteiger partial charge in [-0.15, -0.1) is 13.2 Å². The molecule has 0 amide bonds. The maximum absolute atomic E-state index is 12.2. The Labute approximate surface area is 146 Å². The van der Waals surface area contributed by atoms with Gasteiger partial charge in [0.2, 0.25) is 0 Å². The van der Waals surface area contributed by atoms with E-state index in [0.717, 1.165) is 6.29 Å². The van der Waals surface area contributed by atoms with Crippen LogP contribution in [0.1, 0.15) is 10.4 Å². The summed E-state index contributed by atoms with van der Waals surface area (Å²) in [6, 6.07) is 10.4. The molecule has 0 radical (unpaired) electrons. The molecule has 1 heterocycles. The van der Waals surface area contributed by atoms with Crippen LogP contribution in [0, 0.1) is 0 Å². The minimum absolute atomic E-state index is 0.308. The lowest BCUT2D eigenvalue weighted by molar-refractivity contribution is -0.274. The highest BCUT2D eigenvalue weighted by Gasteiger charge is 2.30. The van der Waals surface area contributed by atoms with Gasteiger partial charge in [-0.3, -0.25) is 4.79 Å². The molecule has 3 rings (SSSR count). The molecule has 0 saturated heterocycles. The van der Waals surface area contributed by atoms with Gasteiger partial charge >= 0.3 is 6.36 Å². The molecule has 3 aromatic rings. The quantitative estimate of drug-likeness (QED) is 0.637. The van der Waals surface area contributed by atoms with Gasteiger partial charge in [0.05, 0.1) is 19.1 Å². The van der Waals surface area contributed by atoms with Crippen LogP contribution in [0.3, 0.4) is 0 Å². The Balaban J connectivity index is 1.90. The Morgan fingerprint density at radius 1 is 1.08 bits per heavy atom. The fraction of sp³-hybridized carbons (Fsp3) is 0.111. The number of hydrogen-bond donors (Lipinski definition) is 0. The van der Waals surface area contributed by atoms with E-state index in [1.54, 1.807) is 29.0 Å². The van der Waals surface area contributed by atoms with E-state index < -0.39 is 6.36 Å². The van der Waals surface area contributed by atoms with E-state index in [4.69, 9.17) is 4.74 Å². The third-order valence-electron chi connectivity index (χ3n) is 3.61. The zero-order valence-electron chi connectivity index (χ0n) is 13.5. The minimum Gasteiger partial charge on any atom is -0.497 e. The first-order valence-corrected chi connectivity index (χ1v) is 7.43. The number of methoxy groups -OCH3 is 1. The molecular weight excluding hydrogens is 349 g/mol. The summed E-state index contributed by atoms with van der Waals surface area (Å²) < 4.78 is 47.3. The number of nitrogens with zero attached hydrogens (tertiary/aromatic N) is 2. The average molecular weight is 362 g/mol. The molecular formula is C18H13F3N2O3. The first-order chi connectivity index (χ1) is 12.4. The van der Waals surface area contributed by atoms with Gasteiger partial charge in [0.1, 0.15) is 11.5 Å². The first kappa shape index (κ1) is 17.5. The maximum Gasteiger partial charge on any atom is 0.573 e. The summed E-state index contributed by atoms with van der Waals surface area (Å²) in [5.41, 5.74) is 2.16. The number of carbonyl (C=O) groups excluding carboxylic acids is 1. The number of imidazole rings is 1. The van der Waals surface area contributed by atoms with Crippen molar-refractivity contribution >= 4 is 6.29 Å². The van der Waals surface area contributed by atoms with Gasteiger partial charge in [0.15, 0.2) is 6.29 Å². The van der Waals surface area contributed by atoms with E-state index in [0.29, 0.717) is 28.3 Å². The van der Waals surface area contributed by atoms with Gasteiger partial charge in [-0.1, -0.05) is 0 Å². The van der Waals surface area contributed by atoms with Gasteiger partial charge in [-0.05, 0) is 42.5 Å². The van der Waals surface area contributed by atoms with Gasteiger partial charge in [-0.25, -0.2) is 4.98 Å². The van der Waals surface area contributed by atoms with Crippen molar-refractivity contribution in [1.29, 1.82) is 0 Å². The van der Waals surface area contributed by atoms with Crippen molar-refractivity contribution in [3.63, 3.8) is 0 Å². The second kappa shape index (κ2) is 6.91.